The van der Waals surface area contributed by atoms with Gasteiger partial charge in [0.25, 0.3) is 5.91 Å². The number of ether oxygens (including phenoxy) is 1. The summed E-state index contributed by atoms with van der Waals surface area (Å²) in [7, 11) is 0. The number of nitrogens with one attached hydrogen (secondary N) is 3. The van der Waals surface area contributed by atoms with E-state index in [1.807, 2.05) is 25.1 Å². The fourth-order valence-corrected chi connectivity index (χ4v) is 4.13. The summed E-state index contributed by atoms with van der Waals surface area (Å²) < 4.78 is 5.85. The van der Waals surface area contributed by atoms with Crippen LogP contribution in [0.2, 0.25) is 0 Å². The highest BCUT2D eigenvalue weighted by atomic mass is 16.5. The summed E-state index contributed by atoms with van der Waals surface area (Å²) in [4.78, 5) is 37.9. The molecule has 0 bridgehead atoms. The molecule has 3 aliphatic heterocycles. The Morgan fingerprint density at radius 1 is 1.29 bits per heavy atom. The zero-order valence-corrected chi connectivity index (χ0v) is 16.0. The molecule has 1 aromatic rings. The van der Waals surface area contributed by atoms with E-state index in [1.165, 1.54) is 0 Å². The van der Waals surface area contributed by atoms with Crippen molar-refractivity contribution in [3.63, 3.8) is 0 Å². The first-order valence-electron chi connectivity index (χ1n) is 9.83. The number of hydrogen-bond donors (Lipinski definition) is 3. The maximum Gasteiger partial charge on any atom is 0.255 e. The van der Waals surface area contributed by atoms with Gasteiger partial charge in [0, 0.05) is 51.3 Å². The number of fused-ring (bicyclic) bond motifs is 1. The zero-order chi connectivity index (χ0) is 19.7. The van der Waals surface area contributed by atoms with E-state index in [1.54, 1.807) is 4.90 Å². The molecule has 0 aliphatic carbocycles. The van der Waals surface area contributed by atoms with Crippen LogP contribution in [0.5, 0.6) is 0 Å². The minimum absolute atomic E-state index is 0.135. The summed E-state index contributed by atoms with van der Waals surface area (Å²) in [5, 5.41) is 9.01. The summed E-state index contributed by atoms with van der Waals surface area (Å²) in [6, 6.07) is 5.30. The van der Waals surface area contributed by atoms with Gasteiger partial charge in [0.2, 0.25) is 11.8 Å². The molecule has 3 aliphatic rings. The Morgan fingerprint density at radius 3 is 2.79 bits per heavy atom. The van der Waals surface area contributed by atoms with Crippen molar-refractivity contribution in [2.75, 3.05) is 26.2 Å². The molecule has 3 N–H and O–H groups in total. The van der Waals surface area contributed by atoms with E-state index in [0.29, 0.717) is 31.7 Å². The van der Waals surface area contributed by atoms with Crippen LogP contribution in [0.1, 0.15) is 41.3 Å². The first kappa shape index (κ1) is 19.0. The molecule has 28 heavy (non-hydrogen) atoms. The summed E-state index contributed by atoms with van der Waals surface area (Å²) in [6.07, 6.45) is 0.647. The number of hydrogen-bond acceptors (Lipinski definition) is 6. The van der Waals surface area contributed by atoms with Crippen molar-refractivity contribution >= 4 is 17.7 Å². The SMILES string of the molecule is CCOC1(CNCc2ccc3c(c2)C(=O)N(C2CCC(=O)NC2=O)C3)CNC1. The van der Waals surface area contributed by atoms with Crippen molar-refractivity contribution in [1.29, 1.82) is 0 Å². The van der Waals surface area contributed by atoms with E-state index in [0.717, 1.165) is 30.8 Å². The quantitative estimate of drug-likeness (QED) is 0.567. The van der Waals surface area contributed by atoms with E-state index in [-0.39, 0.29) is 29.7 Å². The molecule has 8 nitrogen and oxygen atoms in total. The van der Waals surface area contributed by atoms with Crippen molar-refractivity contribution in [3.8, 4) is 0 Å². The number of nitrogens with zero attached hydrogens (tertiary/aromatic N) is 1. The Morgan fingerprint density at radius 2 is 2.11 bits per heavy atom. The molecular formula is C20H26N4O4. The Bertz CT molecular complexity index is 805. The van der Waals surface area contributed by atoms with Crippen LogP contribution < -0.4 is 16.0 Å². The molecule has 0 aromatic heterocycles. The van der Waals surface area contributed by atoms with Crippen LogP contribution in [0, 0.1) is 0 Å². The monoisotopic (exact) mass is 386 g/mol. The van der Waals surface area contributed by atoms with Crippen molar-refractivity contribution in [3.05, 3.63) is 34.9 Å². The van der Waals surface area contributed by atoms with E-state index < -0.39 is 6.04 Å². The lowest BCUT2D eigenvalue weighted by Gasteiger charge is -2.42. The number of carbonyl (C=O) groups is 3. The minimum Gasteiger partial charge on any atom is -0.371 e. The number of rotatable bonds is 7. The number of piperidine rings is 1. The van der Waals surface area contributed by atoms with Crippen LogP contribution in [0.4, 0.5) is 0 Å². The van der Waals surface area contributed by atoms with E-state index in [9.17, 15) is 14.4 Å². The second-order valence-corrected chi connectivity index (χ2v) is 7.71. The molecule has 4 rings (SSSR count). The summed E-state index contributed by atoms with van der Waals surface area (Å²) in [5.74, 6) is -0.791. The smallest absolute Gasteiger partial charge is 0.255 e. The van der Waals surface area contributed by atoms with Crippen molar-refractivity contribution in [2.24, 2.45) is 0 Å². The summed E-state index contributed by atoms with van der Waals surface area (Å²) in [5.41, 5.74) is 2.46. The predicted molar refractivity (Wildman–Crippen MR) is 101 cm³/mol. The molecule has 8 heteroatoms. The molecule has 1 atom stereocenters. The average Bonchev–Trinajstić information content (AvgIpc) is 2.96. The van der Waals surface area contributed by atoms with Gasteiger partial charge in [0.15, 0.2) is 0 Å². The van der Waals surface area contributed by atoms with Crippen LogP contribution >= 0.6 is 0 Å². The molecule has 3 heterocycles. The van der Waals surface area contributed by atoms with Crippen LogP contribution in [0.25, 0.3) is 0 Å². The third-order valence-corrected chi connectivity index (χ3v) is 5.71. The lowest BCUT2D eigenvalue weighted by atomic mass is 9.96. The topological polar surface area (TPSA) is 99.8 Å². The van der Waals surface area contributed by atoms with Crippen molar-refractivity contribution in [2.45, 2.75) is 44.5 Å². The molecule has 2 saturated heterocycles. The Labute approximate surface area is 164 Å². The largest absolute Gasteiger partial charge is 0.371 e. The fraction of sp³-hybridized carbons (Fsp3) is 0.550. The summed E-state index contributed by atoms with van der Waals surface area (Å²) in [6.45, 7) is 6.19. The number of benzene rings is 1. The summed E-state index contributed by atoms with van der Waals surface area (Å²) >= 11 is 0. The van der Waals surface area contributed by atoms with E-state index >= 15 is 0 Å². The van der Waals surface area contributed by atoms with Gasteiger partial charge in [-0.1, -0.05) is 12.1 Å². The number of amides is 3. The standard InChI is InChI=1S/C20H26N4O4/c1-2-28-20(11-22-12-20)10-21-8-13-3-4-14-9-24(19(27)15(14)7-13)16-5-6-17(25)23-18(16)26/h3-4,7,16,21-22H,2,5-6,8-12H2,1H3,(H,23,25,26). The molecular weight excluding hydrogens is 360 g/mol. The molecule has 0 spiro atoms. The lowest BCUT2D eigenvalue weighted by Crippen LogP contribution is -2.65. The average molecular weight is 386 g/mol. The third-order valence-electron chi connectivity index (χ3n) is 5.71. The van der Waals surface area contributed by atoms with Gasteiger partial charge >= 0.3 is 0 Å². The first-order valence-corrected chi connectivity index (χ1v) is 9.83. The maximum absolute atomic E-state index is 12.9. The highest BCUT2D eigenvalue weighted by molar-refractivity contribution is 6.05. The van der Waals surface area contributed by atoms with Gasteiger partial charge in [0.05, 0.1) is 0 Å². The third kappa shape index (κ3) is 3.55. The van der Waals surface area contributed by atoms with Crippen molar-refractivity contribution < 1.29 is 19.1 Å². The molecule has 0 saturated carbocycles. The minimum atomic E-state index is -0.573. The Kier molecular flexibility index (Phi) is 5.18. The van der Waals surface area contributed by atoms with Crippen LogP contribution in [-0.4, -0.2) is 60.5 Å². The highest BCUT2D eigenvalue weighted by Gasteiger charge is 2.39. The fourth-order valence-electron chi connectivity index (χ4n) is 4.13. The van der Waals surface area contributed by atoms with Gasteiger partial charge in [-0.15, -0.1) is 0 Å². The molecule has 3 amide bonds. The molecule has 1 unspecified atom stereocenters. The number of imide groups is 1. The van der Waals surface area contributed by atoms with Gasteiger partial charge < -0.3 is 20.3 Å². The van der Waals surface area contributed by atoms with Crippen molar-refractivity contribution in [1.82, 2.24) is 20.9 Å². The zero-order valence-electron chi connectivity index (χ0n) is 16.0. The predicted octanol–water partition coefficient (Wildman–Crippen LogP) is -0.0843. The van der Waals surface area contributed by atoms with E-state index in [2.05, 4.69) is 16.0 Å². The van der Waals surface area contributed by atoms with Gasteiger partial charge in [-0.05, 0) is 30.5 Å². The number of carbonyl (C=O) groups excluding carboxylic acids is 3. The second-order valence-electron chi connectivity index (χ2n) is 7.71. The lowest BCUT2D eigenvalue weighted by molar-refractivity contribution is -0.136. The van der Waals surface area contributed by atoms with Gasteiger partial charge in [0.1, 0.15) is 11.6 Å². The van der Waals surface area contributed by atoms with Crippen LogP contribution in [0.15, 0.2) is 18.2 Å². The molecule has 150 valence electrons. The highest BCUT2D eigenvalue weighted by Crippen LogP contribution is 2.28. The molecule has 1 aromatic carbocycles. The van der Waals surface area contributed by atoms with Gasteiger partial charge in [-0.25, -0.2) is 0 Å². The molecule has 0 radical (unpaired) electrons. The molecule has 2 fully saturated rings. The van der Waals surface area contributed by atoms with E-state index in [4.69, 9.17) is 4.74 Å². The normalized spacial score (nSPS) is 23.4. The second kappa shape index (κ2) is 7.62. The first-order chi connectivity index (χ1) is 13.5. The maximum atomic E-state index is 12.9. The van der Waals surface area contributed by atoms with Gasteiger partial charge in [-0.3, -0.25) is 19.7 Å². The van der Waals surface area contributed by atoms with Crippen LogP contribution in [-0.2, 0) is 27.4 Å². The van der Waals surface area contributed by atoms with Crippen LogP contribution in [0.3, 0.4) is 0 Å². The van der Waals surface area contributed by atoms with Gasteiger partial charge in [-0.2, -0.15) is 0 Å². The Balaban J connectivity index is 1.39. The Hall–Kier alpha value is -2.29.